The van der Waals surface area contributed by atoms with Crippen molar-refractivity contribution in [3.8, 4) is 11.1 Å². The third kappa shape index (κ3) is 3.94. The highest BCUT2D eigenvalue weighted by atomic mass is 79.9. The smallest absolute Gasteiger partial charge is 0.128 e. The molecular weight excluding hydrogens is 454 g/mol. The second-order valence-electron chi connectivity index (χ2n) is 7.22. The number of aliphatic hydroxyl groups is 1. The molecule has 0 saturated carbocycles. The molecule has 140 valence electrons. The van der Waals surface area contributed by atoms with Crippen LogP contribution in [-0.4, -0.2) is 29.6 Å². The highest BCUT2D eigenvalue weighted by molar-refractivity contribution is 9.10. The van der Waals surface area contributed by atoms with Gasteiger partial charge in [-0.05, 0) is 72.5 Å². The van der Waals surface area contributed by atoms with E-state index in [2.05, 4.69) is 87.0 Å². The normalized spacial score (nSPS) is 14.5. The number of fused-ring (bicyclic) bond motifs is 3. The fourth-order valence-electron chi connectivity index (χ4n) is 3.86. The molecule has 0 aliphatic heterocycles. The molecule has 4 heteroatoms. The zero-order valence-electron chi connectivity index (χ0n) is 15.6. The maximum absolute atomic E-state index is 11.9. The fourth-order valence-corrected chi connectivity index (χ4v) is 4.58. The first-order valence-electron chi connectivity index (χ1n) is 9.54. The molecule has 0 amide bonds. The molecule has 0 unspecified atom stereocenters. The van der Waals surface area contributed by atoms with Crippen LogP contribution in [0.5, 0.6) is 0 Å². The van der Waals surface area contributed by atoms with Crippen LogP contribution in [0.3, 0.4) is 0 Å². The SMILES string of the molecule is CCCCN(CCCC)CC1(O)c2cc(Br)ccc2-c2ccc(Br)cc21. The number of rotatable bonds is 8. The first-order valence-corrected chi connectivity index (χ1v) is 11.1. The summed E-state index contributed by atoms with van der Waals surface area (Å²) in [6.45, 7) is 7.15. The lowest BCUT2D eigenvalue weighted by molar-refractivity contribution is 0.0383. The highest BCUT2D eigenvalue weighted by Gasteiger charge is 2.42. The minimum Gasteiger partial charge on any atom is -0.379 e. The maximum Gasteiger partial charge on any atom is 0.128 e. The lowest BCUT2D eigenvalue weighted by Crippen LogP contribution is -2.41. The Hall–Kier alpha value is -0.680. The summed E-state index contributed by atoms with van der Waals surface area (Å²) in [5.41, 5.74) is 3.34. The van der Waals surface area contributed by atoms with Crippen molar-refractivity contribution in [3.05, 3.63) is 56.5 Å². The van der Waals surface area contributed by atoms with Crippen molar-refractivity contribution in [2.45, 2.75) is 45.1 Å². The number of benzene rings is 2. The molecule has 2 nitrogen and oxygen atoms in total. The molecule has 0 atom stereocenters. The molecule has 0 radical (unpaired) electrons. The molecular formula is C22H27Br2NO. The largest absolute Gasteiger partial charge is 0.379 e. The van der Waals surface area contributed by atoms with Gasteiger partial charge in [0.15, 0.2) is 0 Å². The molecule has 2 aromatic rings. The summed E-state index contributed by atoms with van der Waals surface area (Å²) in [5.74, 6) is 0. The summed E-state index contributed by atoms with van der Waals surface area (Å²) >= 11 is 7.18. The number of nitrogens with zero attached hydrogens (tertiary/aromatic N) is 1. The Kier molecular flexibility index (Phi) is 6.60. The van der Waals surface area contributed by atoms with E-state index in [1.807, 2.05) is 0 Å². The molecule has 1 aliphatic carbocycles. The third-order valence-electron chi connectivity index (χ3n) is 5.25. The average molecular weight is 481 g/mol. The first kappa shape index (κ1) is 20.1. The molecule has 3 rings (SSSR count). The van der Waals surface area contributed by atoms with Crippen LogP contribution in [-0.2, 0) is 5.60 Å². The van der Waals surface area contributed by atoms with Crippen LogP contribution < -0.4 is 0 Å². The van der Waals surface area contributed by atoms with Crippen LogP contribution >= 0.6 is 31.9 Å². The molecule has 1 aliphatic rings. The van der Waals surface area contributed by atoms with Crippen LogP contribution in [0.25, 0.3) is 11.1 Å². The third-order valence-corrected chi connectivity index (χ3v) is 6.24. The Balaban J connectivity index is 2.03. The van der Waals surface area contributed by atoms with Crippen molar-refractivity contribution in [3.63, 3.8) is 0 Å². The second kappa shape index (κ2) is 8.55. The topological polar surface area (TPSA) is 23.5 Å². The zero-order chi connectivity index (χ0) is 18.7. The predicted octanol–water partition coefficient (Wildman–Crippen LogP) is 6.33. The zero-order valence-corrected chi connectivity index (χ0v) is 18.7. The van der Waals surface area contributed by atoms with Gasteiger partial charge < -0.3 is 5.11 Å². The van der Waals surface area contributed by atoms with Gasteiger partial charge in [0.25, 0.3) is 0 Å². The van der Waals surface area contributed by atoms with E-state index in [0.717, 1.165) is 57.1 Å². The van der Waals surface area contributed by atoms with Gasteiger partial charge >= 0.3 is 0 Å². The van der Waals surface area contributed by atoms with Crippen molar-refractivity contribution >= 4 is 31.9 Å². The monoisotopic (exact) mass is 479 g/mol. The molecule has 0 bridgehead atoms. The van der Waals surface area contributed by atoms with Gasteiger partial charge in [-0.1, -0.05) is 70.7 Å². The molecule has 2 aromatic carbocycles. The van der Waals surface area contributed by atoms with Crippen LogP contribution in [0.2, 0.25) is 0 Å². The van der Waals surface area contributed by atoms with Crippen LogP contribution in [0.15, 0.2) is 45.3 Å². The van der Waals surface area contributed by atoms with Crippen LogP contribution in [0.4, 0.5) is 0 Å². The summed E-state index contributed by atoms with van der Waals surface area (Å²) in [4.78, 5) is 2.44. The molecule has 0 saturated heterocycles. The summed E-state index contributed by atoms with van der Waals surface area (Å²) < 4.78 is 2.02. The summed E-state index contributed by atoms with van der Waals surface area (Å²) in [6, 6.07) is 12.5. The molecule has 0 aromatic heterocycles. The van der Waals surface area contributed by atoms with Crippen LogP contribution in [0, 0.1) is 0 Å². The lowest BCUT2D eigenvalue weighted by Gasteiger charge is -2.33. The number of hydrogen-bond donors (Lipinski definition) is 1. The Morgan fingerprint density at radius 2 is 1.31 bits per heavy atom. The van der Waals surface area contributed by atoms with E-state index in [1.165, 1.54) is 12.8 Å². The molecule has 0 fully saturated rings. The number of unbranched alkanes of at least 4 members (excludes halogenated alkanes) is 2. The second-order valence-corrected chi connectivity index (χ2v) is 9.05. The van der Waals surface area contributed by atoms with Gasteiger partial charge in [0.2, 0.25) is 0 Å². The van der Waals surface area contributed by atoms with Crippen molar-refractivity contribution in [1.29, 1.82) is 0 Å². The standard InChI is InChI=1S/C22H27Br2NO/c1-3-5-11-25(12-6-4-2)15-22(26)20-13-16(23)7-9-18(20)19-10-8-17(24)14-21(19)22/h7-10,13-14,26H,3-6,11-12,15H2,1-2H3. The van der Waals surface area contributed by atoms with Crippen molar-refractivity contribution in [2.24, 2.45) is 0 Å². The van der Waals surface area contributed by atoms with Gasteiger partial charge in [-0.3, -0.25) is 4.90 Å². The fraction of sp³-hybridized carbons (Fsp3) is 0.455. The van der Waals surface area contributed by atoms with Crippen molar-refractivity contribution < 1.29 is 5.11 Å². The van der Waals surface area contributed by atoms with Gasteiger partial charge in [0.1, 0.15) is 5.60 Å². The Bertz CT molecular complexity index is 715. The Labute approximate surface area is 173 Å². The minimum atomic E-state index is -0.973. The molecule has 0 spiro atoms. The summed E-state index contributed by atoms with van der Waals surface area (Å²) in [5, 5.41) is 11.9. The quantitative estimate of drug-likeness (QED) is 0.477. The Morgan fingerprint density at radius 3 is 1.73 bits per heavy atom. The van der Waals surface area contributed by atoms with E-state index >= 15 is 0 Å². The summed E-state index contributed by atoms with van der Waals surface area (Å²) in [7, 11) is 0. The van der Waals surface area contributed by atoms with Gasteiger partial charge in [0.05, 0.1) is 0 Å². The van der Waals surface area contributed by atoms with Crippen LogP contribution in [0.1, 0.15) is 50.7 Å². The average Bonchev–Trinajstić information content (AvgIpc) is 2.85. The number of hydrogen-bond acceptors (Lipinski definition) is 2. The molecule has 26 heavy (non-hydrogen) atoms. The molecule has 0 heterocycles. The van der Waals surface area contributed by atoms with E-state index in [0.29, 0.717) is 6.54 Å². The maximum atomic E-state index is 11.9. The molecule has 1 N–H and O–H groups in total. The van der Waals surface area contributed by atoms with E-state index in [-0.39, 0.29) is 0 Å². The van der Waals surface area contributed by atoms with E-state index in [4.69, 9.17) is 0 Å². The minimum absolute atomic E-state index is 0.639. The Morgan fingerprint density at radius 1 is 0.846 bits per heavy atom. The first-order chi connectivity index (χ1) is 12.5. The number of halogens is 2. The van der Waals surface area contributed by atoms with Crippen molar-refractivity contribution in [1.82, 2.24) is 4.90 Å². The van der Waals surface area contributed by atoms with E-state index < -0.39 is 5.60 Å². The van der Waals surface area contributed by atoms with Crippen molar-refractivity contribution in [2.75, 3.05) is 19.6 Å². The van der Waals surface area contributed by atoms with E-state index in [1.54, 1.807) is 0 Å². The van der Waals surface area contributed by atoms with Gasteiger partial charge in [0, 0.05) is 15.5 Å². The van der Waals surface area contributed by atoms with Gasteiger partial charge in [-0.15, -0.1) is 0 Å². The lowest BCUT2D eigenvalue weighted by atomic mass is 9.90. The predicted molar refractivity (Wildman–Crippen MR) is 117 cm³/mol. The van der Waals surface area contributed by atoms with Gasteiger partial charge in [-0.2, -0.15) is 0 Å². The highest BCUT2D eigenvalue weighted by Crippen LogP contribution is 2.49. The van der Waals surface area contributed by atoms with Gasteiger partial charge in [-0.25, -0.2) is 0 Å². The summed E-state index contributed by atoms with van der Waals surface area (Å²) in [6.07, 6.45) is 4.67. The van der Waals surface area contributed by atoms with E-state index in [9.17, 15) is 5.11 Å².